The Morgan fingerprint density at radius 3 is 2.71 bits per heavy atom. The molecule has 1 unspecified atom stereocenters. The lowest BCUT2D eigenvalue weighted by molar-refractivity contribution is 0.873. The third-order valence-corrected chi connectivity index (χ3v) is 2.63. The SMILES string of the molecule is Cc1cc(NC(C)c2ccccc2N)ncn1. The zero-order chi connectivity index (χ0) is 12.3. The van der Waals surface area contributed by atoms with Crippen LogP contribution in [0.25, 0.3) is 0 Å². The van der Waals surface area contributed by atoms with Crippen molar-refractivity contribution in [2.24, 2.45) is 0 Å². The number of hydrogen-bond donors (Lipinski definition) is 2. The molecule has 0 amide bonds. The molecule has 1 heterocycles. The van der Waals surface area contributed by atoms with Gasteiger partial charge in [0.2, 0.25) is 0 Å². The normalized spacial score (nSPS) is 12.1. The first-order chi connectivity index (χ1) is 8.16. The van der Waals surface area contributed by atoms with Crippen LogP contribution >= 0.6 is 0 Å². The lowest BCUT2D eigenvalue weighted by Crippen LogP contribution is -2.10. The number of aromatic nitrogens is 2. The van der Waals surface area contributed by atoms with Crippen LogP contribution in [-0.2, 0) is 0 Å². The molecule has 1 aromatic heterocycles. The molecule has 0 bridgehead atoms. The predicted molar refractivity (Wildman–Crippen MR) is 69.7 cm³/mol. The molecule has 0 saturated heterocycles. The largest absolute Gasteiger partial charge is 0.398 e. The second kappa shape index (κ2) is 4.82. The minimum Gasteiger partial charge on any atom is -0.398 e. The van der Waals surface area contributed by atoms with E-state index in [0.717, 1.165) is 22.8 Å². The van der Waals surface area contributed by atoms with E-state index in [1.54, 1.807) is 6.33 Å². The van der Waals surface area contributed by atoms with E-state index in [1.165, 1.54) is 0 Å². The zero-order valence-electron chi connectivity index (χ0n) is 10.0. The van der Waals surface area contributed by atoms with Crippen LogP contribution in [-0.4, -0.2) is 9.97 Å². The van der Waals surface area contributed by atoms with Gasteiger partial charge in [-0.25, -0.2) is 9.97 Å². The van der Waals surface area contributed by atoms with Crippen LogP contribution < -0.4 is 11.1 Å². The Labute approximate surface area is 101 Å². The van der Waals surface area contributed by atoms with Crippen LogP contribution in [0.4, 0.5) is 11.5 Å². The molecule has 88 valence electrons. The van der Waals surface area contributed by atoms with Crippen LogP contribution in [0.3, 0.4) is 0 Å². The summed E-state index contributed by atoms with van der Waals surface area (Å²) in [7, 11) is 0. The summed E-state index contributed by atoms with van der Waals surface area (Å²) in [5, 5.41) is 3.31. The van der Waals surface area contributed by atoms with Crippen LogP contribution in [0.1, 0.15) is 24.2 Å². The number of nitrogens with two attached hydrogens (primary N) is 1. The summed E-state index contributed by atoms with van der Waals surface area (Å²) in [6.07, 6.45) is 1.55. The van der Waals surface area contributed by atoms with Crippen molar-refractivity contribution in [2.75, 3.05) is 11.1 Å². The van der Waals surface area contributed by atoms with E-state index in [4.69, 9.17) is 5.73 Å². The van der Waals surface area contributed by atoms with Gasteiger partial charge in [-0.05, 0) is 25.5 Å². The van der Waals surface area contributed by atoms with Gasteiger partial charge in [0.05, 0.1) is 6.04 Å². The molecular formula is C13H16N4. The number of nitrogen functional groups attached to an aromatic ring is 1. The number of nitrogens with one attached hydrogen (secondary N) is 1. The molecule has 0 aliphatic carbocycles. The summed E-state index contributed by atoms with van der Waals surface area (Å²) in [5.41, 5.74) is 8.74. The molecule has 0 spiro atoms. The molecule has 4 nitrogen and oxygen atoms in total. The van der Waals surface area contributed by atoms with Crippen molar-refractivity contribution >= 4 is 11.5 Å². The minimum atomic E-state index is 0.116. The average Bonchev–Trinajstić information content (AvgIpc) is 2.29. The van der Waals surface area contributed by atoms with Crippen LogP contribution in [0.5, 0.6) is 0 Å². The third-order valence-electron chi connectivity index (χ3n) is 2.63. The van der Waals surface area contributed by atoms with Crippen molar-refractivity contribution in [1.82, 2.24) is 9.97 Å². The van der Waals surface area contributed by atoms with Crippen molar-refractivity contribution in [3.63, 3.8) is 0 Å². The molecule has 0 aliphatic rings. The Morgan fingerprint density at radius 2 is 2.00 bits per heavy atom. The molecule has 0 fully saturated rings. The Bertz CT molecular complexity index is 510. The second-order valence-electron chi connectivity index (χ2n) is 4.04. The van der Waals surface area contributed by atoms with Crippen molar-refractivity contribution in [1.29, 1.82) is 0 Å². The summed E-state index contributed by atoms with van der Waals surface area (Å²) in [6.45, 7) is 4.00. The quantitative estimate of drug-likeness (QED) is 0.792. The Hall–Kier alpha value is -2.10. The Balaban J connectivity index is 2.17. The van der Waals surface area contributed by atoms with Gasteiger partial charge in [-0.1, -0.05) is 18.2 Å². The molecule has 1 aromatic carbocycles. The molecule has 17 heavy (non-hydrogen) atoms. The van der Waals surface area contributed by atoms with E-state index in [2.05, 4.69) is 22.2 Å². The molecular weight excluding hydrogens is 212 g/mol. The second-order valence-corrected chi connectivity index (χ2v) is 4.04. The highest BCUT2D eigenvalue weighted by Crippen LogP contribution is 2.22. The van der Waals surface area contributed by atoms with Crippen LogP contribution in [0.2, 0.25) is 0 Å². The summed E-state index contributed by atoms with van der Waals surface area (Å²) in [4.78, 5) is 8.23. The van der Waals surface area contributed by atoms with E-state index >= 15 is 0 Å². The van der Waals surface area contributed by atoms with Gasteiger partial charge in [-0.2, -0.15) is 0 Å². The number of benzene rings is 1. The van der Waals surface area contributed by atoms with E-state index in [9.17, 15) is 0 Å². The standard InChI is InChI=1S/C13H16N4/c1-9-7-13(16-8-15-9)17-10(2)11-5-3-4-6-12(11)14/h3-8,10H,14H2,1-2H3,(H,15,16,17). The van der Waals surface area contributed by atoms with Gasteiger partial charge in [0, 0.05) is 17.4 Å². The molecule has 2 aromatic rings. The van der Waals surface area contributed by atoms with E-state index in [0.29, 0.717) is 0 Å². The summed E-state index contributed by atoms with van der Waals surface area (Å²) < 4.78 is 0. The topological polar surface area (TPSA) is 63.8 Å². The number of para-hydroxylation sites is 1. The zero-order valence-corrected chi connectivity index (χ0v) is 10.0. The van der Waals surface area contributed by atoms with Crippen molar-refractivity contribution in [3.05, 3.63) is 47.9 Å². The van der Waals surface area contributed by atoms with Gasteiger partial charge < -0.3 is 11.1 Å². The summed E-state index contributed by atoms with van der Waals surface area (Å²) in [5.74, 6) is 0.813. The number of hydrogen-bond acceptors (Lipinski definition) is 4. The molecule has 0 radical (unpaired) electrons. The fraction of sp³-hybridized carbons (Fsp3) is 0.231. The monoisotopic (exact) mass is 228 g/mol. The fourth-order valence-electron chi connectivity index (χ4n) is 1.74. The maximum Gasteiger partial charge on any atom is 0.130 e. The Morgan fingerprint density at radius 1 is 1.24 bits per heavy atom. The lowest BCUT2D eigenvalue weighted by Gasteiger charge is -2.16. The van der Waals surface area contributed by atoms with Crippen molar-refractivity contribution in [3.8, 4) is 0 Å². The molecule has 4 heteroatoms. The van der Waals surface area contributed by atoms with Crippen LogP contribution in [0.15, 0.2) is 36.7 Å². The molecule has 2 rings (SSSR count). The van der Waals surface area contributed by atoms with Gasteiger partial charge in [0.25, 0.3) is 0 Å². The van der Waals surface area contributed by atoms with Gasteiger partial charge in [-0.15, -0.1) is 0 Å². The van der Waals surface area contributed by atoms with E-state index in [-0.39, 0.29) is 6.04 Å². The predicted octanol–water partition coefficient (Wildman–Crippen LogP) is 2.54. The van der Waals surface area contributed by atoms with Gasteiger partial charge >= 0.3 is 0 Å². The highest BCUT2D eigenvalue weighted by molar-refractivity contribution is 5.51. The van der Waals surface area contributed by atoms with E-state index < -0.39 is 0 Å². The number of nitrogens with zero attached hydrogens (tertiary/aromatic N) is 2. The molecule has 0 aliphatic heterocycles. The lowest BCUT2D eigenvalue weighted by atomic mass is 10.1. The van der Waals surface area contributed by atoms with Gasteiger partial charge in [-0.3, -0.25) is 0 Å². The number of aryl methyl sites for hydroxylation is 1. The number of rotatable bonds is 3. The number of anilines is 2. The highest BCUT2D eigenvalue weighted by Gasteiger charge is 2.08. The van der Waals surface area contributed by atoms with Gasteiger partial charge in [0.1, 0.15) is 12.1 Å². The van der Waals surface area contributed by atoms with E-state index in [1.807, 2.05) is 37.3 Å². The smallest absolute Gasteiger partial charge is 0.130 e. The molecule has 0 saturated carbocycles. The third kappa shape index (κ3) is 2.72. The first-order valence-electron chi connectivity index (χ1n) is 5.56. The molecule has 3 N–H and O–H groups in total. The van der Waals surface area contributed by atoms with Crippen molar-refractivity contribution in [2.45, 2.75) is 19.9 Å². The average molecular weight is 228 g/mol. The van der Waals surface area contributed by atoms with Crippen LogP contribution in [0, 0.1) is 6.92 Å². The molecule has 1 atom stereocenters. The Kier molecular flexibility index (Phi) is 3.23. The first kappa shape index (κ1) is 11.4. The highest BCUT2D eigenvalue weighted by atomic mass is 15.0. The van der Waals surface area contributed by atoms with Gasteiger partial charge in [0.15, 0.2) is 0 Å². The maximum atomic E-state index is 5.93. The fourth-order valence-corrected chi connectivity index (χ4v) is 1.74. The summed E-state index contributed by atoms with van der Waals surface area (Å²) >= 11 is 0. The van der Waals surface area contributed by atoms with Crippen molar-refractivity contribution < 1.29 is 0 Å². The first-order valence-corrected chi connectivity index (χ1v) is 5.56. The maximum absolute atomic E-state index is 5.93. The summed E-state index contributed by atoms with van der Waals surface area (Å²) in [6, 6.07) is 9.86. The minimum absolute atomic E-state index is 0.116.